The predicted octanol–water partition coefficient (Wildman–Crippen LogP) is 4.19. The zero-order chi connectivity index (χ0) is 26.2. The Kier molecular flexibility index (Phi) is 9.09. The van der Waals surface area contributed by atoms with Crippen molar-refractivity contribution in [2.75, 3.05) is 19.0 Å². The van der Waals surface area contributed by atoms with E-state index < -0.39 is 24.6 Å². The Labute approximate surface area is 223 Å². The molecule has 0 saturated carbocycles. The van der Waals surface area contributed by atoms with Gasteiger partial charge in [-0.25, -0.2) is 13.9 Å². The lowest BCUT2D eigenvalue weighted by molar-refractivity contribution is -0.141. The van der Waals surface area contributed by atoms with Crippen LogP contribution in [0.15, 0.2) is 48.7 Å². The molecule has 1 amide bonds. The maximum Gasteiger partial charge on any atom is 0.327 e. The lowest BCUT2D eigenvalue weighted by Gasteiger charge is -2.14. The first-order valence-corrected chi connectivity index (χ1v) is 13.4. The smallest absolute Gasteiger partial charge is 0.327 e. The number of nitrogens with zero attached hydrogens (tertiary/aromatic N) is 3. The van der Waals surface area contributed by atoms with Gasteiger partial charge in [-0.05, 0) is 42.0 Å². The summed E-state index contributed by atoms with van der Waals surface area (Å²) in [5.74, 6) is 0.250. The third-order valence-corrected chi connectivity index (χ3v) is 7.17. The van der Waals surface area contributed by atoms with Crippen LogP contribution >= 0.6 is 35.3 Å². The van der Waals surface area contributed by atoms with Gasteiger partial charge in [-0.3, -0.25) is 4.79 Å². The molecule has 37 heavy (non-hydrogen) atoms. The topological polar surface area (TPSA) is 131 Å². The number of carboxylic acids is 1. The molecule has 0 spiro atoms. The van der Waals surface area contributed by atoms with Gasteiger partial charge in [0.05, 0.1) is 16.4 Å². The van der Waals surface area contributed by atoms with Crippen molar-refractivity contribution in [3.63, 3.8) is 0 Å². The largest absolute Gasteiger partial charge is 0.491 e. The fraction of sp³-hybridized carbons (Fsp3) is 0.261. The number of nitrogens with one attached hydrogen (secondary N) is 2. The number of rotatable bonds is 13. The quantitative estimate of drug-likeness (QED) is 0.205. The highest BCUT2D eigenvalue weighted by atomic mass is 32.2. The molecular formula is C23H22FN5O5S3. The molecule has 0 radical (unpaired) electrons. The van der Waals surface area contributed by atoms with E-state index in [4.69, 9.17) is 21.7 Å². The van der Waals surface area contributed by atoms with Gasteiger partial charge in [-0.2, -0.15) is 11.8 Å². The summed E-state index contributed by atoms with van der Waals surface area (Å²) in [5, 5.41) is 19.8. The van der Waals surface area contributed by atoms with Crippen LogP contribution < -0.4 is 14.8 Å². The molecule has 0 bridgehead atoms. The maximum atomic E-state index is 12.4. The molecule has 4 aromatic rings. The number of thioether (sulfide) groups is 1. The lowest BCUT2D eigenvalue weighted by atomic mass is 10.2. The number of amides is 1. The number of carboxylic acid groups (broad SMARTS) is 1. The Morgan fingerprint density at radius 3 is 2.95 bits per heavy atom. The summed E-state index contributed by atoms with van der Waals surface area (Å²) in [6.07, 6.45) is 1.45. The fourth-order valence-corrected chi connectivity index (χ4v) is 5.39. The summed E-state index contributed by atoms with van der Waals surface area (Å²) in [4.78, 5) is 27.2. The molecule has 0 aliphatic heterocycles. The Bertz CT molecular complexity index is 1440. The van der Waals surface area contributed by atoms with E-state index in [1.165, 1.54) is 34.0 Å². The SMILES string of the molecule is O=C(Cn1cc(Oc2ccc3[nH]c(=S)sc3c2)nn1)N[C@@H](CSCc1cccc(OCCF)c1)C(=O)O. The molecule has 1 atom stereocenters. The van der Waals surface area contributed by atoms with Crippen molar-refractivity contribution in [1.29, 1.82) is 0 Å². The Morgan fingerprint density at radius 2 is 2.14 bits per heavy atom. The number of hydrogen-bond acceptors (Lipinski definition) is 9. The first-order valence-electron chi connectivity index (χ1n) is 11.0. The van der Waals surface area contributed by atoms with Crippen molar-refractivity contribution in [2.45, 2.75) is 18.3 Å². The maximum absolute atomic E-state index is 12.4. The molecule has 0 unspecified atom stereocenters. The molecule has 2 aromatic carbocycles. The van der Waals surface area contributed by atoms with E-state index in [0.717, 1.165) is 15.8 Å². The number of aromatic amines is 1. The first kappa shape index (κ1) is 26.6. The average molecular weight is 564 g/mol. The molecule has 0 saturated heterocycles. The number of benzene rings is 2. The minimum atomic E-state index is -1.15. The van der Waals surface area contributed by atoms with Crippen molar-refractivity contribution in [1.82, 2.24) is 25.3 Å². The number of ether oxygens (including phenoxy) is 2. The van der Waals surface area contributed by atoms with Gasteiger partial charge in [0, 0.05) is 17.6 Å². The highest BCUT2D eigenvalue weighted by Crippen LogP contribution is 2.27. The molecule has 14 heteroatoms. The van der Waals surface area contributed by atoms with Crippen LogP contribution in [-0.2, 0) is 21.9 Å². The summed E-state index contributed by atoms with van der Waals surface area (Å²) in [7, 11) is 0. The van der Waals surface area contributed by atoms with Crippen LogP contribution in [0, 0.1) is 3.95 Å². The van der Waals surface area contributed by atoms with Gasteiger partial charge in [0.2, 0.25) is 5.91 Å². The third kappa shape index (κ3) is 7.74. The molecule has 2 aromatic heterocycles. The molecule has 4 rings (SSSR count). The summed E-state index contributed by atoms with van der Waals surface area (Å²) in [6.45, 7) is -0.830. The number of H-pyrrole nitrogens is 1. The summed E-state index contributed by atoms with van der Waals surface area (Å²) in [6, 6.07) is 11.5. The standard InChI is InChI=1S/C23H22FN5O5S3/c24-6-7-33-15-3-1-2-14(8-15)12-36-13-18(22(31)32)25-20(30)10-29-11-21(27-28-29)34-16-4-5-17-19(9-16)37-23(35)26-17/h1-5,8-9,11,18H,6-7,10,12-13H2,(H,25,30)(H,26,35)(H,31,32)/t18-/m0/s1. The molecule has 2 heterocycles. The van der Waals surface area contributed by atoms with E-state index in [1.54, 1.807) is 24.3 Å². The normalized spacial score (nSPS) is 11.8. The molecule has 0 fully saturated rings. The van der Waals surface area contributed by atoms with Crippen LogP contribution in [-0.4, -0.2) is 62.0 Å². The zero-order valence-electron chi connectivity index (χ0n) is 19.3. The zero-order valence-corrected chi connectivity index (χ0v) is 21.7. The molecule has 0 aliphatic carbocycles. The number of alkyl halides is 1. The average Bonchev–Trinajstić information content (AvgIpc) is 3.46. The van der Waals surface area contributed by atoms with Gasteiger partial charge in [-0.1, -0.05) is 22.4 Å². The number of carbonyl (C=O) groups excluding carboxylic acids is 1. The van der Waals surface area contributed by atoms with Crippen LogP contribution in [0.4, 0.5) is 4.39 Å². The molecular weight excluding hydrogens is 541 g/mol. The van der Waals surface area contributed by atoms with Crippen molar-refractivity contribution >= 4 is 57.4 Å². The van der Waals surface area contributed by atoms with Crippen molar-refractivity contribution < 1.29 is 28.6 Å². The van der Waals surface area contributed by atoms with E-state index in [0.29, 0.717) is 21.2 Å². The number of halogens is 1. The van der Waals surface area contributed by atoms with E-state index in [1.807, 2.05) is 18.2 Å². The van der Waals surface area contributed by atoms with Crippen LogP contribution in [0.3, 0.4) is 0 Å². The Balaban J connectivity index is 1.27. The molecule has 3 N–H and O–H groups in total. The van der Waals surface area contributed by atoms with Crippen LogP contribution in [0.2, 0.25) is 0 Å². The minimum Gasteiger partial charge on any atom is -0.491 e. The van der Waals surface area contributed by atoms with Crippen molar-refractivity contribution in [2.24, 2.45) is 0 Å². The van der Waals surface area contributed by atoms with Crippen molar-refractivity contribution in [3.8, 4) is 17.4 Å². The third-order valence-electron chi connectivity index (χ3n) is 4.87. The lowest BCUT2D eigenvalue weighted by Crippen LogP contribution is -2.44. The van der Waals surface area contributed by atoms with Crippen molar-refractivity contribution in [3.05, 3.63) is 58.2 Å². The van der Waals surface area contributed by atoms with Gasteiger partial charge in [0.1, 0.15) is 37.4 Å². The summed E-state index contributed by atoms with van der Waals surface area (Å²) >= 11 is 7.91. The van der Waals surface area contributed by atoms with Gasteiger partial charge in [0.25, 0.3) is 5.88 Å². The van der Waals surface area contributed by atoms with E-state index in [-0.39, 0.29) is 24.8 Å². The highest BCUT2D eigenvalue weighted by Gasteiger charge is 2.20. The summed E-state index contributed by atoms with van der Waals surface area (Å²) in [5.41, 5.74) is 1.80. The van der Waals surface area contributed by atoms with Crippen LogP contribution in [0.5, 0.6) is 17.4 Å². The number of aromatic nitrogens is 4. The number of thiazole rings is 1. The molecule has 194 valence electrons. The second-order valence-corrected chi connectivity index (χ2v) is 10.4. The number of aliphatic carboxylic acids is 1. The van der Waals surface area contributed by atoms with Gasteiger partial charge in [-0.15, -0.1) is 11.3 Å². The summed E-state index contributed by atoms with van der Waals surface area (Å²) < 4.78 is 26.1. The van der Waals surface area contributed by atoms with Gasteiger partial charge in [0.15, 0.2) is 3.95 Å². The highest BCUT2D eigenvalue weighted by molar-refractivity contribution is 7.98. The minimum absolute atomic E-state index is 0.0247. The first-order chi connectivity index (χ1) is 17.9. The predicted molar refractivity (Wildman–Crippen MR) is 141 cm³/mol. The van der Waals surface area contributed by atoms with Gasteiger partial charge >= 0.3 is 5.97 Å². The number of hydrogen-bond donors (Lipinski definition) is 3. The monoisotopic (exact) mass is 563 g/mol. The van der Waals surface area contributed by atoms with E-state index >= 15 is 0 Å². The fourth-order valence-electron chi connectivity index (χ4n) is 3.25. The second-order valence-electron chi connectivity index (χ2n) is 7.69. The molecule has 10 nitrogen and oxygen atoms in total. The Hall–Kier alpha value is -3.49. The van der Waals surface area contributed by atoms with E-state index in [2.05, 4.69) is 20.6 Å². The Morgan fingerprint density at radius 1 is 1.27 bits per heavy atom. The van der Waals surface area contributed by atoms with Crippen LogP contribution in [0.1, 0.15) is 5.56 Å². The van der Waals surface area contributed by atoms with Gasteiger partial charge < -0.3 is 24.9 Å². The second kappa shape index (κ2) is 12.7. The van der Waals surface area contributed by atoms with E-state index in [9.17, 15) is 19.1 Å². The van der Waals surface area contributed by atoms with Crippen LogP contribution in [0.25, 0.3) is 10.2 Å². The number of carbonyl (C=O) groups is 2. The molecule has 0 aliphatic rings. The number of fused-ring (bicyclic) bond motifs is 1.